The van der Waals surface area contributed by atoms with E-state index < -0.39 is 5.82 Å². The Balaban J connectivity index is 2.06. The van der Waals surface area contributed by atoms with E-state index in [9.17, 15) is 4.39 Å². The first-order valence-electron chi connectivity index (χ1n) is 5.21. The standard InChI is InChI=1S/C12H13FN2OS/c1-8(14)9-2-3-12(11(13)4-9)16-5-10-6-17-7-15-10/h2-4,6-8H,5,14H2,1H3/t8-/m1/s1. The van der Waals surface area contributed by atoms with Gasteiger partial charge in [-0.05, 0) is 24.6 Å². The van der Waals surface area contributed by atoms with E-state index in [1.165, 1.54) is 17.4 Å². The number of nitrogens with two attached hydrogens (primary N) is 1. The van der Waals surface area contributed by atoms with E-state index in [1.54, 1.807) is 17.6 Å². The number of hydrogen-bond donors (Lipinski definition) is 1. The summed E-state index contributed by atoms with van der Waals surface area (Å²) in [6.07, 6.45) is 0. The minimum absolute atomic E-state index is 0.183. The summed E-state index contributed by atoms with van der Waals surface area (Å²) in [6.45, 7) is 2.09. The zero-order chi connectivity index (χ0) is 12.3. The third kappa shape index (κ3) is 3.01. The van der Waals surface area contributed by atoms with Crippen molar-refractivity contribution >= 4 is 11.3 Å². The average Bonchev–Trinajstić information content (AvgIpc) is 2.80. The Hall–Kier alpha value is -1.46. The van der Waals surface area contributed by atoms with Crippen LogP contribution in [0, 0.1) is 5.82 Å². The molecule has 1 aromatic heterocycles. The predicted molar refractivity (Wildman–Crippen MR) is 65.4 cm³/mol. The van der Waals surface area contributed by atoms with Crippen LogP contribution >= 0.6 is 11.3 Å². The van der Waals surface area contributed by atoms with E-state index in [0.717, 1.165) is 11.3 Å². The lowest BCUT2D eigenvalue weighted by atomic mass is 10.1. The molecular formula is C12H13FN2OS. The van der Waals surface area contributed by atoms with Gasteiger partial charge in [0.15, 0.2) is 11.6 Å². The molecule has 2 rings (SSSR count). The van der Waals surface area contributed by atoms with Crippen LogP contribution in [0.15, 0.2) is 29.1 Å². The molecule has 17 heavy (non-hydrogen) atoms. The van der Waals surface area contributed by atoms with Crippen molar-refractivity contribution in [2.75, 3.05) is 0 Å². The van der Waals surface area contributed by atoms with Gasteiger partial charge in [0.05, 0.1) is 11.2 Å². The normalized spacial score (nSPS) is 12.4. The van der Waals surface area contributed by atoms with Crippen molar-refractivity contribution < 1.29 is 9.13 Å². The Labute approximate surface area is 103 Å². The summed E-state index contributed by atoms with van der Waals surface area (Å²) in [6, 6.07) is 4.59. The van der Waals surface area contributed by atoms with Gasteiger partial charge in [-0.2, -0.15) is 0 Å². The second-order valence-electron chi connectivity index (χ2n) is 3.75. The molecule has 0 unspecified atom stereocenters. The van der Waals surface area contributed by atoms with Crippen LogP contribution in [0.4, 0.5) is 4.39 Å². The zero-order valence-electron chi connectivity index (χ0n) is 9.39. The largest absolute Gasteiger partial charge is 0.484 e. The van der Waals surface area contributed by atoms with Crippen LogP contribution in [-0.2, 0) is 6.61 Å². The van der Waals surface area contributed by atoms with Gasteiger partial charge in [0.25, 0.3) is 0 Å². The van der Waals surface area contributed by atoms with Gasteiger partial charge in [-0.15, -0.1) is 11.3 Å². The molecule has 0 spiro atoms. The van der Waals surface area contributed by atoms with Crippen LogP contribution in [0.2, 0.25) is 0 Å². The van der Waals surface area contributed by atoms with E-state index in [-0.39, 0.29) is 18.4 Å². The minimum Gasteiger partial charge on any atom is -0.484 e. The number of hydrogen-bond acceptors (Lipinski definition) is 4. The second-order valence-corrected chi connectivity index (χ2v) is 4.47. The summed E-state index contributed by atoms with van der Waals surface area (Å²) >= 11 is 1.48. The van der Waals surface area contributed by atoms with Crippen molar-refractivity contribution in [3.63, 3.8) is 0 Å². The number of benzene rings is 1. The second kappa shape index (κ2) is 5.25. The summed E-state index contributed by atoms with van der Waals surface area (Å²) in [7, 11) is 0. The third-order valence-corrected chi connectivity index (χ3v) is 2.98. The molecule has 1 heterocycles. The molecule has 0 fully saturated rings. The first kappa shape index (κ1) is 12.0. The number of rotatable bonds is 4. The Morgan fingerprint density at radius 2 is 2.35 bits per heavy atom. The fourth-order valence-electron chi connectivity index (χ4n) is 1.38. The van der Waals surface area contributed by atoms with Crippen molar-refractivity contribution in [1.82, 2.24) is 4.98 Å². The van der Waals surface area contributed by atoms with Gasteiger partial charge >= 0.3 is 0 Å². The van der Waals surface area contributed by atoms with Gasteiger partial charge in [-0.25, -0.2) is 9.37 Å². The van der Waals surface area contributed by atoms with Crippen molar-refractivity contribution in [2.45, 2.75) is 19.6 Å². The van der Waals surface area contributed by atoms with E-state index in [0.29, 0.717) is 0 Å². The van der Waals surface area contributed by atoms with Crippen molar-refractivity contribution in [3.8, 4) is 5.75 Å². The number of thiazole rings is 1. The van der Waals surface area contributed by atoms with E-state index in [1.807, 2.05) is 12.3 Å². The zero-order valence-corrected chi connectivity index (χ0v) is 10.2. The quantitative estimate of drug-likeness (QED) is 0.910. The highest BCUT2D eigenvalue weighted by atomic mass is 32.1. The Kier molecular flexibility index (Phi) is 3.71. The molecule has 2 N–H and O–H groups in total. The fraction of sp³-hybridized carbons (Fsp3) is 0.250. The molecule has 0 radical (unpaired) electrons. The van der Waals surface area contributed by atoms with Crippen LogP contribution in [-0.4, -0.2) is 4.98 Å². The molecule has 1 atom stereocenters. The molecular weight excluding hydrogens is 239 g/mol. The van der Waals surface area contributed by atoms with Gasteiger partial charge in [-0.1, -0.05) is 6.07 Å². The molecule has 90 valence electrons. The maximum absolute atomic E-state index is 13.6. The van der Waals surface area contributed by atoms with Gasteiger partial charge in [0, 0.05) is 11.4 Å². The highest BCUT2D eigenvalue weighted by Gasteiger charge is 2.07. The molecule has 0 bridgehead atoms. The maximum Gasteiger partial charge on any atom is 0.165 e. The first-order valence-corrected chi connectivity index (χ1v) is 6.16. The Bertz CT molecular complexity index is 485. The summed E-state index contributed by atoms with van der Waals surface area (Å²) in [5.41, 5.74) is 8.93. The van der Waals surface area contributed by atoms with Crippen LogP contribution in [0.1, 0.15) is 24.2 Å². The predicted octanol–water partition coefficient (Wildman–Crippen LogP) is 2.88. The molecule has 0 aliphatic carbocycles. The smallest absolute Gasteiger partial charge is 0.165 e. The lowest BCUT2D eigenvalue weighted by molar-refractivity contribution is 0.286. The summed E-state index contributed by atoms with van der Waals surface area (Å²) in [5.74, 6) is -0.169. The molecule has 1 aromatic carbocycles. The lowest BCUT2D eigenvalue weighted by Crippen LogP contribution is -2.06. The van der Waals surface area contributed by atoms with Crippen LogP contribution < -0.4 is 10.5 Å². The number of ether oxygens (including phenoxy) is 1. The molecule has 0 aliphatic rings. The van der Waals surface area contributed by atoms with Crippen molar-refractivity contribution in [2.24, 2.45) is 5.73 Å². The van der Waals surface area contributed by atoms with Crippen molar-refractivity contribution in [3.05, 3.63) is 46.2 Å². The highest BCUT2D eigenvalue weighted by molar-refractivity contribution is 7.07. The van der Waals surface area contributed by atoms with Crippen LogP contribution in [0.3, 0.4) is 0 Å². The molecule has 3 nitrogen and oxygen atoms in total. The summed E-state index contributed by atoms with van der Waals surface area (Å²) in [5, 5.41) is 1.87. The fourth-order valence-corrected chi connectivity index (χ4v) is 1.92. The Morgan fingerprint density at radius 3 is 2.94 bits per heavy atom. The molecule has 2 aromatic rings. The van der Waals surface area contributed by atoms with E-state index in [2.05, 4.69) is 4.98 Å². The molecule has 5 heteroatoms. The monoisotopic (exact) mass is 252 g/mol. The van der Waals surface area contributed by atoms with Crippen LogP contribution in [0.5, 0.6) is 5.75 Å². The van der Waals surface area contributed by atoms with Crippen molar-refractivity contribution in [1.29, 1.82) is 0 Å². The average molecular weight is 252 g/mol. The summed E-state index contributed by atoms with van der Waals surface area (Å²) < 4.78 is 19.0. The molecule has 0 saturated carbocycles. The van der Waals surface area contributed by atoms with E-state index in [4.69, 9.17) is 10.5 Å². The third-order valence-electron chi connectivity index (χ3n) is 2.34. The molecule has 0 aliphatic heterocycles. The highest BCUT2D eigenvalue weighted by Crippen LogP contribution is 2.22. The SMILES string of the molecule is C[C@@H](N)c1ccc(OCc2cscn2)c(F)c1. The van der Waals surface area contributed by atoms with Gasteiger partial charge in [0.2, 0.25) is 0 Å². The van der Waals surface area contributed by atoms with Gasteiger partial charge in [-0.3, -0.25) is 0 Å². The topological polar surface area (TPSA) is 48.1 Å². The van der Waals surface area contributed by atoms with Gasteiger partial charge in [0.1, 0.15) is 6.61 Å². The molecule has 0 saturated heterocycles. The number of aromatic nitrogens is 1. The van der Waals surface area contributed by atoms with Crippen LogP contribution in [0.25, 0.3) is 0 Å². The number of halogens is 1. The Morgan fingerprint density at radius 1 is 1.53 bits per heavy atom. The first-order chi connectivity index (χ1) is 8.16. The minimum atomic E-state index is -0.393. The molecule has 0 amide bonds. The lowest BCUT2D eigenvalue weighted by Gasteiger charge is -2.09. The maximum atomic E-state index is 13.6. The number of nitrogens with zero attached hydrogens (tertiary/aromatic N) is 1. The summed E-state index contributed by atoms with van der Waals surface area (Å²) in [4.78, 5) is 4.06. The van der Waals surface area contributed by atoms with E-state index >= 15 is 0 Å². The van der Waals surface area contributed by atoms with Gasteiger partial charge < -0.3 is 10.5 Å².